The Kier molecular flexibility index (Phi) is 2.97. The molecule has 1 N–H and O–H groups in total. The summed E-state index contributed by atoms with van der Waals surface area (Å²) in [5.74, 6) is 0.113. The summed E-state index contributed by atoms with van der Waals surface area (Å²) < 4.78 is 10.3. The van der Waals surface area contributed by atoms with Gasteiger partial charge < -0.3 is 4.90 Å². The Morgan fingerprint density at radius 1 is 1.64 bits per heavy atom. The van der Waals surface area contributed by atoms with E-state index in [1.807, 2.05) is 0 Å². The predicted octanol–water partition coefficient (Wildman–Crippen LogP) is 0.344. The third-order valence-corrected chi connectivity index (χ3v) is 2.32. The molecule has 62 valence electrons. The molecule has 0 aromatic rings. The van der Waals surface area contributed by atoms with Crippen molar-refractivity contribution in [3.05, 3.63) is 0 Å². The first-order valence-electron chi connectivity index (χ1n) is 3.61. The minimum atomic E-state index is -2.08. The van der Waals surface area contributed by atoms with Crippen LogP contribution in [0.1, 0.15) is 12.8 Å². The lowest BCUT2D eigenvalue weighted by Gasteiger charge is -2.10. The van der Waals surface area contributed by atoms with Gasteiger partial charge in [0, 0.05) is 13.0 Å². The summed E-state index contributed by atoms with van der Waals surface area (Å²) in [6.45, 7) is 1.19. The van der Waals surface area contributed by atoms with E-state index in [1.54, 1.807) is 4.90 Å². The molecule has 0 saturated carbocycles. The average Bonchev–Trinajstić information content (AvgIpc) is 2.31. The fourth-order valence-corrected chi connectivity index (χ4v) is 1.56. The molecule has 11 heavy (non-hydrogen) atoms. The molecule has 1 amide bonds. The maximum absolute atomic E-state index is 10.9. The van der Waals surface area contributed by atoms with E-state index >= 15 is 0 Å². The standard InChI is InChI=1S/C6H10NO3P/c8-6-2-1-3-7(6)4-5-11(9)10/h1-5H2/p+1. The first-order valence-corrected chi connectivity index (χ1v) is 5.01. The number of likely N-dealkylation sites (tertiary alicyclic amines) is 1. The molecule has 1 aliphatic heterocycles. The molecular formula is C6H11NO3P+. The number of rotatable bonds is 3. The SMILES string of the molecule is O=C1CCCN1CC[P+](=O)O. The molecule has 0 aliphatic carbocycles. The average molecular weight is 176 g/mol. The van der Waals surface area contributed by atoms with Gasteiger partial charge in [-0.2, -0.15) is 4.89 Å². The smallest absolute Gasteiger partial charge is 0.338 e. The second-order valence-corrected chi connectivity index (χ2v) is 3.71. The molecule has 1 saturated heterocycles. The first kappa shape index (κ1) is 8.62. The normalized spacial score (nSPS) is 19.2. The van der Waals surface area contributed by atoms with Gasteiger partial charge >= 0.3 is 8.03 Å². The summed E-state index contributed by atoms with van der Waals surface area (Å²) in [5.41, 5.74) is 0. The summed E-state index contributed by atoms with van der Waals surface area (Å²) in [5, 5.41) is 0. The van der Waals surface area contributed by atoms with E-state index < -0.39 is 8.03 Å². The summed E-state index contributed by atoms with van der Waals surface area (Å²) in [4.78, 5) is 21.0. The van der Waals surface area contributed by atoms with Crippen LogP contribution in [0.15, 0.2) is 0 Å². The zero-order valence-corrected chi connectivity index (χ0v) is 7.09. The first-order chi connectivity index (χ1) is 5.20. The molecule has 5 heteroatoms. The number of carbonyl (C=O) groups is 1. The number of amides is 1. The second kappa shape index (κ2) is 3.79. The molecule has 4 nitrogen and oxygen atoms in total. The van der Waals surface area contributed by atoms with Crippen LogP contribution in [0.25, 0.3) is 0 Å². The Morgan fingerprint density at radius 2 is 2.36 bits per heavy atom. The van der Waals surface area contributed by atoms with Crippen LogP contribution in [0.4, 0.5) is 0 Å². The third kappa shape index (κ3) is 2.56. The molecule has 0 radical (unpaired) electrons. The molecule has 1 fully saturated rings. The van der Waals surface area contributed by atoms with Crippen LogP contribution in [0.5, 0.6) is 0 Å². The van der Waals surface area contributed by atoms with Crippen molar-refractivity contribution in [3.8, 4) is 0 Å². The van der Waals surface area contributed by atoms with Crippen molar-refractivity contribution in [2.24, 2.45) is 0 Å². The lowest BCUT2D eigenvalue weighted by Crippen LogP contribution is -2.26. The quantitative estimate of drug-likeness (QED) is 0.631. The van der Waals surface area contributed by atoms with Gasteiger partial charge in [-0.25, -0.2) is 0 Å². The minimum Gasteiger partial charge on any atom is -0.338 e. The molecule has 0 spiro atoms. The molecule has 1 aliphatic rings. The van der Waals surface area contributed by atoms with E-state index in [4.69, 9.17) is 4.89 Å². The van der Waals surface area contributed by atoms with Gasteiger partial charge in [0.15, 0.2) is 6.16 Å². The summed E-state index contributed by atoms with van der Waals surface area (Å²) in [6, 6.07) is 0. The van der Waals surface area contributed by atoms with Gasteiger partial charge in [0.2, 0.25) is 5.91 Å². The lowest BCUT2D eigenvalue weighted by atomic mass is 10.4. The van der Waals surface area contributed by atoms with E-state index in [2.05, 4.69) is 0 Å². The highest BCUT2D eigenvalue weighted by molar-refractivity contribution is 7.38. The second-order valence-electron chi connectivity index (χ2n) is 2.56. The van der Waals surface area contributed by atoms with Crippen molar-refractivity contribution >= 4 is 13.9 Å². The summed E-state index contributed by atoms with van der Waals surface area (Å²) in [7, 11) is -2.08. The van der Waals surface area contributed by atoms with Gasteiger partial charge in [-0.3, -0.25) is 4.79 Å². The van der Waals surface area contributed by atoms with Gasteiger partial charge in [0.05, 0.1) is 6.54 Å². The number of nitrogens with zero attached hydrogens (tertiary/aromatic N) is 1. The van der Waals surface area contributed by atoms with Gasteiger partial charge in [-0.05, 0) is 11.0 Å². The molecular weight excluding hydrogens is 165 g/mol. The maximum Gasteiger partial charge on any atom is 0.507 e. The number of hydrogen-bond acceptors (Lipinski definition) is 2. The van der Waals surface area contributed by atoms with E-state index in [9.17, 15) is 9.36 Å². The Balaban J connectivity index is 2.26. The highest BCUT2D eigenvalue weighted by Gasteiger charge is 2.22. The van der Waals surface area contributed by atoms with Crippen molar-refractivity contribution in [1.29, 1.82) is 0 Å². The monoisotopic (exact) mass is 176 g/mol. The van der Waals surface area contributed by atoms with Crippen LogP contribution in [0.2, 0.25) is 0 Å². The van der Waals surface area contributed by atoms with Gasteiger partial charge in [-0.15, -0.1) is 0 Å². The van der Waals surface area contributed by atoms with E-state index in [-0.39, 0.29) is 12.1 Å². The van der Waals surface area contributed by atoms with Gasteiger partial charge in [-0.1, -0.05) is 0 Å². The van der Waals surface area contributed by atoms with Crippen LogP contribution in [0.3, 0.4) is 0 Å². The molecule has 1 atom stereocenters. The molecule has 1 heterocycles. The summed E-state index contributed by atoms with van der Waals surface area (Å²) >= 11 is 0. The Morgan fingerprint density at radius 3 is 2.82 bits per heavy atom. The number of carbonyl (C=O) groups excluding carboxylic acids is 1. The Labute approximate surface area is 66.1 Å². The summed E-state index contributed by atoms with van der Waals surface area (Å²) in [6.07, 6.45) is 1.70. The molecule has 0 bridgehead atoms. The highest BCUT2D eigenvalue weighted by atomic mass is 31.1. The third-order valence-electron chi connectivity index (χ3n) is 1.73. The largest absolute Gasteiger partial charge is 0.507 e. The fraction of sp³-hybridized carbons (Fsp3) is 0.833. The highest BCUT2D eigenvalue weighted by Crippen LogP contribution is 2.15. The topological polar surface area (TPSA) is 57.6 Å². The van der Waals surface area contributed by atoms with Gasteiger partial charge in [0.1, 0.15) is 0 Å². The van der Waals surface area contributed by atoms with Crippen LogP contribution in [-0.2, 0) is 9.36 Å². The maximum atomic E-state index is 10.9. The van der Waals surface area contributed by atoms with Crippen molar-refractivity contribution < 1.29 is 14.3 Å². The zero-order valence-electron chi connectivity index (χ0n) is 6.19. The van der Waals surface area contributed by atoms with E-state index in [1.165, 1.54) is 0 Å². The molecule has 1 unspecified atom stereocenters. The van der Waals surface area contributed by atoms with Crippen molar-refractivity contribution in [2.45, 2.75) is 12.8 Å². The van der Waals surface area contributed by atoms with Crippen molar-refractivity contribution in [3.63, 3.8) is 0 Å². The van der Waals surface area contributed by atoms with Gasteiger partial charge in [0.25, 0.3) is 0 Å². The molecule has 1 rings (SSSR count). The van der Waals surface area contributed by atoms with Crippen LogP contribution in [-0.4, -0.2) is 35.0 Å². The number of hydrogen-bond donors (Lipinski definition) is 1. The van der Waals surface area contributed by atoms with E-state index in [0.717, 1.165) is 13.0 Å². The van der Waals surface area contributed by atoms with Crippen LogP contribution in [0, 0.1) is 0 Å². The van der Waals surface area contributed by atoms with Crippen molar-refractivity contribution in [1.82, 2.24) is 4.90 Å². The minimum absolute atomic E-state index is 0.113. The molecule has 0 aromatic carbocycles. The predicted molar refractivity (Wildman–Crippen MR) is 40.5 cm³/mol. The fourth-order valence-electron chi connectivity index (χ4n) is 1.15. The zero-order chi connectivity index (χ0) is 8.27. The van der Waals surface area contributed by atoms with E-state index in [0.29, 0.717) is 13.0 Å². The van der Waals surface area contributed by atoms with Crippen LogP contribution >= 0.6 is 8.03 Å². The molecule has 0 aromatic heterocycles. The Bertz CT molecular complexity index is 183. The Hall–Kier alpha value is -0.470. The van der Waals surface area contributed by atoms with Crippen LogP contribution < -0.4 is 0 Å². The lowest BCUT2D eigenvalue weighted by molar-refractivity contribution is -0.127. The van der Waals surface area contributed by atoms with Crippen molar-refractivity contribution in [2.75, 3.05) is 19.3 Å².